The number of unbranched alkanes of at least 4 members (excludes halogenated alkanes) is 43. The number of allylic oxidation sites excluding steroid dienone is 12. The number of hydrogen-bond acceptors (Lipinski definition) is 6. The predicted molar refractivity (Wildman–Crippen MR) is 358 cm³/mol. The van der Waals surface area contributed by atoms with Gasteiger partial charge in [-0.2, -0.15) is 0 Å². The number of ether oxygens (including phenoxy) is 3. The van der Waals surface area contributed by atoms with Crippen LogP contribution in [-0.2, 0) is 28.6 Å². The molecule has 6 heteroatoms. The molecule has 82 heavy (non-hydrogen) atoms. The molecule has 0 bridgehead atoms. The Morgan fingerprint density at radius 2 is 0.488 bits per heavy atom. The van der Waals surface area contributed by atoms with Crippen LogP contribution in [0.5, 0.6) is 0 Å². The van der Waals surface area contributed by atoms with Crippen molar-refractivity contribution < 1.29 is 28.6 Å². The van der Waals surface area contributed by atoms with Crippen LogP contribution in [0, 0.1) is 0 Å². The molecule has 0 radical (unpaired) electrons. The van der Waals surface area contributed by atoms with Crippen LogP contribution in [0.1, 0.15) is 374 Å². The zero-order chi connectivity index (χ0) is 59.2. The van der Waals surface area contributed by atoms with Crippen molar-refractivity contribution in [1.29, 1.82) is 0 Å². The van der Waals surface area contributed by atoms with Gasteiger partial charge in [-0.05, 0) is 83.5 Å². The molecule has 0 aliphatic rings. The molecule has 6 nitrogen and oxygen atoms in total. The van der Waals surface area contributed by atoms with E-state index >= 15 is 0 Å². The summed E-state index contributed by atoms with van der Waals surface area (Å²) >= 11 is 0. The summed E-state index contributed by atoms with van der Waals surface area (Å²) in [6, 6.07) is 0. The molecule has 1 unspecified atom stereocenters. The Hall–Kier alpha value is -3.15. The molecule has 0 aromatic rings. The van der Waals surface area contributed by atoms with E-state index in [1.165, 1.54) is 238 Å². The van der Waals surface area contributed by atoms with Gasteiger partial charge < -0.3 is 14.2 Å². The standard InChI is InChI=1S/C76H136O6/c1-4-7-10-13-16-19-22-24-26-28-30-32-34-36-37-38-39-40-42-43-45-47-49-51-54-57-60-63-66-69-75(78)81-72-73(71-80-74(77)68-65-62-59-56-53-21-18-15-12-9-6-3)82-76(79)70-67-64-61-58-55-52-50-48-46-44-41-35-33-31-29-27-25-23-20-17-14-11-8-5-2/h7,10,15-16,18-19,24,26,30,32,36-37,73H,4-6,8-9,11-14,17,20-23,25,27-29,31,33-35,38-72H2,1-3H3/b10-7-,18-15-,19-16-,26-24-,32-30-,37-36-. The third-order valence-electron chi connectivity index (χ3n) is 15.9. The number of carbonyl (C=O) groups excluding carboxylic acids is 3. The van der Waals surface area contributed by atoms with E-state index < -0.39 is 6.10 Å². The predicted octanol–water partition coefficient (Wildman–Crippen LogP) is 24.8. The minimum Gasteiger partial charge on any atom is -0.462 e. The summed E-state index contributed by atoms with van der Waals surface area (Å²) in [6.07, 6.45) is 92.3. The van der Waals surface area contributed by atoms with Crippen LogP contribution in [0.4, 0.5) is 0 Å². The summed E-state index contributed by atoms with van der Waals surface area (Å²) in [7, 11) is 0. The molecule has 0 aromatic carbocycles. The maximum absolute atomic E-state index is 12.9. The minimum atomic E-state index is -0.777. The molecule has 476 valence electrons. The van der Waals surface area contributed by atoms with Gasteiger partial charge in [0.25, 0.3) is 0 Å². The van der Waals surface area contributed by atoms with Crippen molar-refractivity contribution >= 4 is 17.9 Å². The smallest absolute Gasteiger partial charge is 0.306 e. The molecule has 0 aromatic heterocycles. The first-order valence-electron chi connectivity index (χ1n) is 35.9. The molecule has 0 amide bonds. The highest BCUT2D eigenvalue weighted by Gasteiger charge is 2.19. The van der Waals surface area contributed by atoms with Gasteiger partial charge in [0.1, 0.15) is 13.2 Å². The van der Waals surface area contributed by atoms with Crippen molar-refractivity contribution in [2.45, 2.75) is 380 Å². The van der Waals surface area contributed by atoms with Gasteiger partial charge in [-0.25, -0.2) is 0 Å². The molecule has 0 N–H and O–H groups in total. The Labute approximate surface area is 510 Å². The second-order valence-electron chi connectivity index (χ2n) is 24.1. The molecular weight excluding hydrogens is 1010 g/mol. The molecule has 1 atom stereocenters. The van der Waals surface area contributed by atoms with Crippen molar-refractivity contribution in [3.8, 4) is 0 Å². The molecule has 0 heterocycles. The van der Waals surface area contributed by atoms with E-state index in [0.717, 1.165) is 96.3 Å². The lowest BCUT2D eigenvalue weighted by Gasteiger charge is -2.18. The largest absolute Gasteiger partial charge is 0.462 e. The van der Waals surface area contributed by atoms with E-state index in [4.69, 9.17) is 14.2 Å². The molecule has 0 aliphatic heterocycles. The fraction of sp³-hybridized carbons (Fsp3) is 0.803. The normalized spacial score (nSPS) is 12.5. The van der Waals surface area contributed by atoms with Gasteiger partial charge in [0.15, 0.2) is 6.10 Å². The number of carbonyl (C=O) groups is 3. The van der Waals surface area contributed by atoms with Gasteiger partial charge in [-0.3, -0.25) is 14.4 Å². The van der Waals surface area contributed by atoms with Gasteiger partial charge in [0.2, 0.25) is 0 Å². The molecule has 0 fully saturated rings. The molecule has 0 saturated heterocycles. The average Bonchev–Trinajstić information content (AvgIpc) is 3.47. The number of esters is 3. The van der Waals surface area contributed by atoms with Gasteiger partial charge in [0.05, 0.1) is 0 Å². The van der Waals surface area contributed by atoms with Crippen LogP contribution < -0.4 is 0 Å². The van der Waals surface area contributed by atoms with Crippen LogP contribution in [-0.4, -0.2) is 37.2 Å². The van der Waals surface area contributed by atoms with E-state index in [1.807, 2.05) is 0 Å². The summed E-state index contributed by atoms with van der Waals surface area (Å²) in [6.45, 7) is 6.54. The highest BCUT2D eigenvalue weighted by Crippen LogP contribution is 2.18. The third kappa shape index (κ3) is 67.6. The first-order chi connectivity index (χ1) is 40.5. The Morgan fingerprint density at radius 3 is 0.793 bits per heavy atom. The van der Waals surface area contributed by atoms with Crippen LogP contribution in [0.25, 0.3) is 0 Å². The Balaban J connectivity index is 4.18. The minimum absolute atomic E-state index is 0.0741. The van der Waals surface area contributed by atoms with Crippen molar-refractivity contribution in [3.63, 3.8) is 0 Å². The topological polar surface area (TPSA) is 78.9 Å². The van der Waals surface area contributed by atoms with E-state index in [9.17, 15) is 14.4 Å². The maximum atomic E-state index is 12.9. The monoisotopic (exact) mass is 1150 g/mol. The highest BCUT2D eigenvalue weighted by atomic mass is 16.6. The number of hydrogen-bond donors (Lipinski definition) is 0. The van der Waals surface area contributed by atoms with Gasteiger partial charge in [0, 0.05) is 19.3 Å². The fourth-order valence-corrected chi connectivity index (χ4v) is 10.6. The number of rotatable bonds is 66. The molecule has 0 spiro atoms. The lowest BCUT2D eigenvalue weighted by atomic mass is 10.0. The Bertz CT molecular complexity index is 1500. The third-order valence-corrected chi connectivity index (χ3v) is 15.9. The Morgan fingerprint density at radius 1 is 0.256 bits per heavy atom. The van der Waals surface area contributed by atoms with Crippen molar-refractivity contribution in [2.24, 2.45) is 0 Å². The zero-order valence-electron chi connectivity index (χ0n) is 54.8. The van der Waals surface area contributed by atoms with E-state index in [-0.39, 0.29) is 31.1 Å². The first kappa shape index (κ1) is 78.8. The summed E-state index contributed by atoms with van der Waals surface area (Å²) < 4.78 is 17.0. The van der Waals surface area contributed by atoms with Crippen molar-refractivity contribution in [1.82, 2.24) is 0 Å². The van der Waals surface area contributed by atoms with E-state index in [0.29, 0.717) is 19.3 Å². The van der Waals surface area contributed by atoms with Crippen LogP contribution in [0.2, 0.25) is 0 Å². The van der Waals surface area contributed by atoms with Crippen molar-refractivity contribution in [3.05, 3.63) is 72.9 Å². The highest BCUT2D eigenvalue weighted by molar-refractivity contribution is 5.71. The average molecular weight is 1150 g/mol. The van der Waals surface area contributed by atoms with Gasteiger partial charge in [-0.15, -0.1) is 0 Å². The van der Waals surface area contributed by atoms with Gasteiger partial charge in [-0.1, -0.05) is 344 Å². The summed E-state index contributed by atoms with van der Waals surface area (Å²) in [4.78, 5) is 38.4. The molecule has 0 saturated carbocycles. The van der Waals surface area contributed by atoms with Crippen molar-refractivity contribution in [2.75, 3.05) is 13.2 Å². The van der Waals surface area contributed by atoms with Crippen LogP contribution >= 0.6 is 0 Å². The summed E-state index contributed by atoms with van der Waals surface area (Å²) in [5.74, 6) is -0.862. The SMILES string of the molecule is CC/C=C\C/C=C\C/C=C\C/C=C\C/C=C\CCCCCCCCCCCCCCCC(=O)OCC(COC(=O)CCCCCCC/C=C\CCCC)OC(=O)CCCCCCCCCCCCCCCCCCCCCCCCCC. The lowest BCUT2D eigenvalue weighted by molar-refractivity contribution is -0.167. The van der Waals surface area contributed by atoms with E-state index in [2.05, 4.69) is 93.7 Å². The zero-order valence-corrected chi connectivity index (χ0v) is 54.8. The fourth-order valence-electron chi connectivity index (χ4n) is 10.6. The van der Waals surface area contributed by atoms with Crippen LogP contribution in [0.15, 0.2) is 72.9 Å². The maximum Gasteiger partial charge on any atom is 0.306 e. The first-order valence-corrected chi connectivity index (χ1v) is 35.9. The van der Waals surface area contributed by atoms with Crippen LogP contribution in [0.3, 0.4) is 0 Å². The molecule has 0 aliphatic carbocycles. The lowest BCUT2D eigenvalue weighted by Crippen LogP contribution is -2.30. The molecule has 0 rings (SSSR count). The molecular formula is C76H136O6. The second kappa shape index (κ2) is 70.3. The quantitative estimate of drug-likeness (QED) is 0.0261. The Kier molecular flexibility index (Phi) is 67.6. The summed E-state index contributed by atoms with van der Waals surface area (Å²) in [5, 5.41) is 0. The summed E-state index contributed by atoms with van der Waals surface area (Å²) in [5.41, 5.74) is 0. The van der Waals surface area contributed by atoms with Gasteiger partial charge >= 0.3 is 17.9 Å². The second-order valence-corrected chi connectivity index (χ2v) is 24.1. The van der Waals surface area contributed by atoms with E-state index in [1.54, 1.807) is 0 Å².